The molecule has 21 heavy (non-hydrogen) atoms. The molecular weight excluding hydrogens is 286 g/mol. The fourth-order valence-electron chi connectivity index (χ4n) is 2.78. The molecule has 0 aromatic carbocycles. The highest BCUT2D eigenvalue weighted by atomic mass is 32.2. The topological polar surface area (TPSA) is 55.2 Å². The van der Waals surface area contributed by atoms with E-state index in [9.17, 15) is 8.42 Å². The minimum Gasteiger partial charge on any atom is -0.263 e. The van der Waals surface area contributed by atoms with E-state index >= 15 is 0 Å². The number of aromatic nitrogens is 2. The quantitative estimate of drug-likeness (QED) is 0.842. The van der Waals surface area contributed by atoms with Crippen molar-refractivity contribution in [3.8, 4) is 0 Å². The van der Waals surface area contributed by atoms with Crippen LogP contribution < -0.4 is 0 Å². The maximum absolute atomic E-state index is 11.5. The van der Waals surface area contributed by atoms with Crippen molar-refractivity contribution in [1.29, 1.82) is 0 Å². The normalized spacial score (nSPS) is 18.8. The number of rotatable bonds is 2. The highest BCUT2D eigenvalue weighted by Crippen LogP contribution is 2.37. The minimum atomic E-state index is -3.08. The van der Waals surface area contributed by atoms with Crippen LogP contribution in [-0.2, 0) is 20.9 Å². The average Bonchev–Trinajstić information content (AvgIpc) is 2.55. The van der Waals surface area contributed by atoms with Gasteiger partial charge in [-0.05, 0) is 11.0 Å². The van der Waals surface area contributed by atoms with Gasteiger partial charge in [0.2, 0.25) is 10.0 Å². The van der Waals surface area contributed by atoms with Crippen LogP contribution in [0.25, 0.3) is 0 Å². The summed E-state index contributed by atoms with van der Waals surface area (Å²) in [4.78, 5) is 0. The summed E-state index contributed by atoms with van der Waals surface area (Å²) in [6, 6.07) is 0.144. The Morgan fingerprint density at radius 1 is 1.10 bits per heavy atom. The average molecular weight is 313 g/mol. The highest BCUT2D eigenvalue weighted by Gasteiger charge is 2.39. The Hall–Kier alpha value is -0.880. The van der Waals surface area contributed by atoms with Crippen molar-refractivity contribution in [2.45, 2.75) is 58.4 Å². The van der Waals surface area contributed by atoms with Crippen molar-refractivity contribution in [1.82, 2.24) is 14.1 Å². The van der Waals surface area contributed by atoms with Gasteiger partial charge in [0.1, 0.15) is 0 Å². The van der Waals surface area contributed by atoms with Crippen LogP contribution in [0.2, 0.25) is 0 Å². The molecular formula is C15H27N3O2S. The van der Waals surface area contributed by atoms with E-state index in [0.29, 0.717) is 13.1 Å². The second-order valence-electron chi connectivity index (χ2n) is 8.09. The second-order valence-corrected chi connectivity index (χ2v) is 10.1. The van der Waals surface area contributed by atoms with Crippen LogP contribution in [0.15, 0.2) is 6.20 Å². The van der Waals surface area contributed by atoms with Crippen molar-refractivity contribution >= 4 is 10.0 Å². The molecule has 6 heteroatoms. The van der Waals surface area contributed by atoms with E-state index in [1.54, 1.807) is 0 Å². The monoisotopic (exact) mass is 313 g/mol. The summed E-state index contributed by atoms with van der Waals surface area (Å²) >= 11 is 0. The van der Waals surface area contributed by atoms with E-state index in [1.165, 1.54) is 21.8 Å². The van der Waals surface area contributed by atoms with Crippen LogP contribution in [0.3, 0.4) is 0 Å². The first kappa shape index (κ1) is 16.5. The molecule has 5 nitrogen and oxygen atoms in total. The number of hydrogen-bond acceptors (Lipinski definition) is 3. The molecule has 1 aromatic rings. The zero-order valence-electron chi connectivity index (χ0n) is 14.1. The summed E-state index contributed by atoms with van der Waals surface area (Å²) in [6.07, 6.45) is 3.21. The van der Waals surface area contributed by atoms with Crippen molar-refractivity contribution in [2.24, 2.45) is 0 Å². The molecule has 1 fully saturated rings. The van der Waals surface area contributed by atoms with Gasteiger partial charge >= 0.3 is 0 Å². The molecule has 0 saturated carbocycles. The molecule has 0 N–H and O–H groups in total. The lowest BCUT2D eigenvalue weighted by Crippen LogP contribution is -2.51. The molecule has 2 heterocycles. The van der Waals surface area contributed by atoms with Gasteiger partial charge in [0.05, 0.1) is 18.5 Å². The molecule has 0 amide bonds. The number of hydrogen-bond donors (Lipinski definition) is 0. The van der Waals surface area contributed by atoms with Crippen molar-refractivity contribution in [3.05, 3.63) is 17.5 Å². The lowest BCUT2D eigenvalue weighted by Gasteiger charge is -2.40. The Labute approximate surface area is 128 Å². The van der Waals surface area contributed by atoms with Gasteiger partial charge in [-0.3, -0.25) is 4.68 Å². The molecule has 1 aliphatic rings. The van der Waals surface area contributed by atoms with Gasteiger partial charge < -0.3 is 0 Å². The van der Waals surface area contributed by atoms with Crippen LogP contribution in [0.5, 0.6) is 0 Å². The van der Waals surface area contributed by atoms with Crippen molar-refractivity contribution in [3.63, 3.8) is 0 Å². The van der Waals surface area contributed by atoms with Gasteiger partial charge in [0.15, 0.2) is 0 Å². The standard InChI is InChI=1S/C15H27N3O2S/c1-14(2,3)12-8-16-18(13(12)15(4,5)6)11-9-17(10-11)21(7,19)20/h8,11H,9-10H2,1-7H3. The first-order chi connectivity index (χ1) is 9.32. The van der Waals surface area contributed by atoms with E-state index < -0.39 is 10.0 Å². The second kappa shape index (κ2) is 4.81. The van der Waals surface area contributed by atoms with Gasteiger partial charge in [0, 0.05) is 24.2 Å². The number of nitrogens with zero attached hydrogens (tertiary/aromatic N) is 3. The predicted molar refractivity (Wildman–Crippen MR) is 85.1 cm³/mol. The Bertz CT molecular complexity index is 627. The summed E-state index contributed by atoms with van der Waals surface area (Å²) in [5.41, 5.74) is 2.46. The molecule has 1 saturated heterocycles. The smallest absolute Gasteiger partial charge is 0.211 e. The predicted octanol–water partition coefficient (Wildman–Crippen LogP) is 2.29. The first-order valence-electron chi connectivity index (χ1n) is 7.35. The summed E-state index contributed by atoms with van der Waals surface area (Å²) in [6.45, 7) is 14.2. The van der Waals surface area contributed by atoms with Gasteiger partial charge in [-0.15, -0.1) is 0 Å². The summed E-state index contributed by atoms with van der Waals surface area (Å²) < 4.78 is 26.6. The van der Waals surface area contributed by atoms with E-state index in [-0.39, 0.29) is 16.9 Å². The summed E-state index contributed by atoms with van der Waals surface area (Å²) in [5.74, 6) is 0. The van der Waals surface area contributed by atoms with Crippen LogP contribution in [-0.4, -0.2) is 41.8 Å². The number of sulfonamides is 1. The fraction of sp³-hybridized carbons (Fsp3) is 0.800. The van der Waals surface area contributed by atoms with Gasteiger partial charge in [0.25, 0.3) is 0 Å². The molecule has 0 spiro atoms. The maximum atomic E-state index is 11.5. The summed E-state index contributed by atoms with van der Waals surface area (Å²) in [7, 11) is -3.08. The van der Waals surface area contributed by atoms with E-state index in [1.807, 2.05) is 10.9 Å². The zero-order chi connectivity index (χ0) is 16.2. The zero-order valence-corrected chi connectivity index (χ0v) is 15.0. The van der Waals surface area contributed by atoms with Crippen LogP contribution >= 0.6 is 0 Å². The van der Waals surface area contributed by atoms with Crippen molar-refractivity contribution in [2.75, 3.05) is 19.3 Å². The van der Waals surface area contributed by atoms with Gasteiger partial charge in [-0.1, -0.05) is 41.5 Å². The van der Waals surface area contributed by atoms with Crippen LogP contribution in [0.1, 0.15) is 58.8 Å². The Morgan fingerprint density at radius 2 is 1.62 bits per heavy atom. The Kier molecular flexibility index (Phi) is 3.78. The SMILES string of the molecule is CC(C)(C)c1cnn(C2CN(S(C)(=O)=O)C2)c1C(C)(C)C. The lowest BCUT2D eigenvalue weighted by atomic mass is 9.79. The summed E-state index contributed by atoms with van der Waals surface area (Å²) in [5, 5.41) is 4.58. The lowest BCUT2D eigenvalue weighted by molar-refractivity contribution is 0.184. The third-order valence-corrected chi connectivity index (χ3v) is 5.19. The molecule has 0 radical (unpaired) electrons. The Morgan fingerprint density at radius 3 is 2.00 bits per heavy atom. The molecule has 120 valence electrons. The van der Waals surface area contributed by atoms with Crippen LogP contribution in [0, 0.1) is 0 Å². The third-order valence-electron chi connectivity index (χ3n) is 3.96. The van der Waals surface area contributed by atoms with Gasteiger partial charge in [-0.25, -0.2) is 8.42 Å². The first-order valence-corrected chi connectivity index (χ1v) is 9.20. The van der Waals surface area contributed by atoms with Crippen molar-refractivity contribution < 1.29 is 8.42 Å². The molecule has 2 rings (SSSR count). The molecule has 0 atom stereocenters. The molecule has 0 aliphatic carbocycles. The minimum absolute atomic E-state index is 0.0232. The third kappa shape index (κ3) is 3.16. The van der Waals surface area contributed by atoms with E-state index in [0.717, 1.165) is 0 Å². The maximum Gasteiger partial charge on any atom is 0.211 e. The van der Waals surface area contributed by atoms with E-state index in [2.05, 4.69) is 46.6 Å². The molecule has 1 aliphatic heterocycles. The highest BCUT2D eigenvalue weighted by molar-refractivity contribution is 7.88. The molecule has 1 aromatic heterocycles. The van der Waals surface area contributed by atoms with Gasteiger partial charge in [-0.2, -0.15) is 9.40 Å². The molecule has 0 unspecified atom stereocenters. The van der Waals surface area contributed by atoms with E-state index in [4.69, 9.17) is 0 Å². The molecule has 0 bridgehead atoms. The Balaban J connectivity index is 2.37. The largest absolute Gasteiger partial charge is 0.263 e. The van der Waals surface area contributed by atoms with Crippen LogP contribution in [0.4, 0.5) is 0 Å². The fourth-order valence-corrected chi connectivity index (χ4v) is 3.66.